The number of carbonyl (C=O) groups excluding carboxylic acids is 2. The number of benzene rings is 1. The lowest BCUT2D eigenvalue weighted by molar-refractivity contribution is -0.133. The summed E-state index contributed by atoms with van der Waals surface area (Å²) < 4.78 is 5.35. The molecule has 1 N–H and O–H groups in total. The van der Waals surface area contributed by atoms with Crippen LogP contribution in [-0.4, -0.2) is 64.5 Å². The molecule has 0 spiro atoms. The Balaban J connectivity index is 1.18. The van der Waals surface area contributed by atoms with E-state index in [9.17, 15) is 9.59 Å². The second-order valence-electron chi connectivity index (χ2n) is 7.11. The fourth-order valence-corrected chi connectivity index (χ4v) is 3.89. The average molecular weight is 438 g/mol. The SMILES string of the molecule is O=C(/C=C/c1ccccc1)NCC(=O)N1CCN(Cc2nc(-c3cccs3)no2)CC1. The van der Waals surface area contributed by atoms with Gasteiger partial charge in [0.2, 0.25) is 23.5 Å². The van der Waals surface area contributed by atoms with Gasteiger partial charge in [-0.2, -0.15) is 4.98 Å². The summed E-state index contributed by atoms with van der Waals surface area (Å²) >= 11 is 1.57. The molecule has 3 heterocycles. The molecule has 2 amide bonds. The molecular formula is C22H23N5O3S. The van der Waals surface area contributed by atoms with Crippen LogP contribution in [0.2, 0.25) is 0 Å². The van der Waals surface area contributed by atoms with Gasteiger partial charge >= 0.3 is 0 Å². The third-order valence-corrected chi connectivity index (χ3v) is 5.80. The van der Waals surface area contributed by atoms with E-state index in [1.165, 1.54) is 6.08 Å². The first-order chi connectivity index (χ1) is 15.2. The Bertz CT molecular complexity index is 1020. The normalized spacial score (nSPS) is 14.8. The summed E-state index contributed by atoms with van der Waals surface area (Å²) in [5, 5.41) is 8.66. The van der Waals surface area contributed by atoms with Gasteiger partial charge in [-0.25, -0.2) is 0 Å². The first-order valence-electron chi connectivity index (χ1n) is 10.0. The zero-order valence-electron chi connectivity index (χ0n) is 16.9. The van der Waals surface area contributed by atoms with Gasteiger partial charge in [0.15, 0.2) is 0 Å². The second-order valence-corrected chi connectivity index (χ2v) is 8.06. The molecule has 9 heteroatoms. The highest BCUT2D eigenvalue weighted by molar-refractivity contribution is 7.13. The van der Waals surface area contributed by atoms with Crippen molar-refractivity contribution in [2.45, 2.75) is 6.54 Å². The Hall–Kier alpha value is -3.30. The zero-order valence-corrected chi connectivity index (χ0v) is 17.8. The van der Waals surface area contributed by atoms with Crippen LogP contribution in [0, 0.1) is 0 Å². The lowest BCUT2D eigenvalue weighted by Crippen LogP contribution is -2.50. The predicted molar refractivity (Wildman–Crippen MR) is 118 cm³/mol. The van der Waals surface area contributed by atoms with Crippen LogP contribution < -0.4 is 5.32 Å². The molecule has 1 aromatic carbocycles. The summed E-state index contributed by atoms with van der Waals surface area (Å²) in [7, 11) is 0. The quantitative estimate of drug-likeness (QED) is 0.570. The van der Waals surface area contributed by atoms with Gasteiger partial charge in [-0.1, -0.05) is 41.6 Å². The van der Waals surface area contributed by atoms with Crippen molar-refractivity contribution >= 4 is 29.2 Å². The van der Waals surface area contributed by atoms with E-state index in [4.69, 9.17) is 4.52 Å². The lowest BCUT2D eigenvalue weighted by Gasteiger charge is -2.33. The number of aromatic nitrogens is 2. The molecule has 1 saturated heterocycles. The van der Waals surface area contributed by atoms with Crippen molar-refractivity contribution in [3.05, 3.63) is 65.4 Å². The molecule has 1 aliphatic rings. The second kappa shape index (κ2) is 10.1. The highest BCUT2D eigenvalue weighted by Crippen LogP contribution is 2.21. The van der Waals surface area contributed by atoms with Gasteiger partial charge in [0, 0.05) is 32.3 Å². The average Bonchev–Trinajstić information content (AvgIpc) is 3.49. The minimum Gasteiger partial charge on any atom is -0.343 e. The van der Waals surface area contributed by atoms with Crippen molar-refractivity contribution in [2.24, 2.45) is 0 Å². The van der Waals surface area contributed by atoms with Crippen LogP contribution in [0.1, 0.15) is 11.5 Å². The van der Waals surface area contributed by atoms with Crippen LogP contribution in [0.4, 0.5) is 0 Å². The van der Waals surface area contributed by atoms with Crippen molar-refractivity contribution in [3.8, 4) is 10.7 Å². The number of hydrogen-bond acceptors (Lipinski definition) is 7. The fourth-order valence-electron chi connectivity index (χ4n) is 3.24. The summed E-state index contributed by atoms with van der Waals surface area (Å²) in [4.78, 5) is 33.7. The monoisotopic (exact) mass is 437 g/mol. The van der Waals surface area contributed by atoms with Gasteiger partial charge in [0.25, 0.3) is 0 Å². The predicted octanol–water partition coefficient (Wildman–Crippen LogP) is 2.27. The maximum Gasteiger partial charge on any atom is 0.244 e. The molecule has 160 valence electrons. The summed E-state index contributed by atoms with van der Waals surface area (Å²) in [6, 6.07) is 13.5. The van der Waals surface area contributed by atoms with Gasteiger partial charge in [-0.05, 0) is 23.1 Å². The van der Waals surface area contributed by atoms with Crippen LogP contribution in [0.15, 0.2) is 58.4 Å². The molecule has 4 rings (SSSR count). The molecule has 1 fully saturated rings. The number of thiophene rings is 1. The van der Waals surface area contributed by atoms with Crippen LogP contribution in [-0.2, 0) is 16.1 Å². The van der Waals surface area contributed by atoms with Crippen LogP contribution >= 0.6 is 11.3 Å². The molecule has 31 heavy (non-hydrogen) atoms. The highest BCUT2D eigenvalue weighted by atomic mass is 32.1. The summed E-state index contributed by atoms with van der Waals surface area (Å²) in [6.45, 7) is 3.17. The third-order valence-electron chi connectivity index (χ3n) is 4.93. The van der Waals surface area contributed by atoms with E-state index >= 15 is 0 Å². The number of amides is 2. The first kappa shape index (κ1) is 21.0. The van der Waals surface area contributed by atoms with E-state index in [2.05, 4.69) is 20.4 Å². The van der Waals surface area contributed by atoms with Crippen LogP contribution in [0.3, 0.4) is 0 Å². The van der Waals surface area contributed by atoms with Gasteiger partial charge in [0.1, 0.15) is 0 Å². The van der Waals surface area contributed by atoms with Crippen LogP contribution in [0.5, 0.6) is 0 Å². The summed E-state index contributed by atoms with van der Waals surface area (Å²) in [6.07, 6.45) is 3.16. The van der Waals surface area contributed by atoms with E-state index < -0.39 is 0 Å². The molecule has 0 aliphatic carbocycles. The van der Waals surface area contributed by atoms with E-state index in [0.717, 1.165) is 10.4 Å². The fraction of sp³-hybridized carbons (Fsp3) is 0.273. The van der Waals surface area contributed by atoms with Crippen LogP contribution in [0.25, 0.3) is 16.8 Å². The molecule has 2 aromatic heterocycles. The maximum atomic E-state index is 12.4. The Morgan fingerprint density at radius 1 is 1.10 bits per heavy atom. The molecule has 0 bridgehead atoms. The summed E-state index contributed by atoms with van der Waals surface area (Å²) in [5.41, 5.74) is 0.934. The van der Waals surface area contributed by atoms with E-state index in [-0.39, 0.29) is 18.4 Å². The van der Waals surface area contributed by atoms with Crippen molar-refractivity contribution in [3.63, 3.8) is 0 Å². The Morgan fingerprint density at radius 3 is 2.65 bits per heavy atom. The van der Waals surface area contributed by atoms with Crippen molar-refractivity contribution in [1.29, 1.82) is 0 Å². The number of piperazine rings is 1. The minimum atomic E-state index is -0.284. The largest absolute Gasteiger partial charge is 0.343 e. The van der Waals surface area contributed by atoms with E-state index in [0.29, 0.717) is 44.4 Å². The molecule has 0 saturated carbocycles. The van der Waals surface area contributed by atoms with Gasteiger partial charge < -0.3 is 14.7 Å². The molecular weight excluding hydrogens is 414 g/mol. The smallest absolute Gasteiger partial charge is 0.244 e. The maximum absolute atomic E-state index is 12.4. The zero-order chi connectivity index (χ0) is 21.5. The summed E-state index contributed by atoms with van der Waals surface area (Å²) in [5.74, 6) is 0.809. The standard InChI is InChI=1S/C22H23N5O3S/c28-19(9-8-17-5-2-1-3-6-17)23-15-21(29)27-12-10-26(11-13-27)16-20-24-22(25-30-20)18-7-4-14-31-18/h1-9,14H,10-13,15-16H2,(H,23,28)/b9-8+. The third kappa shape index (κ3) is 5.87. The molecule has 8 nitrogen and oxygen atoms in total. The topological polar surface area (TPSA) is 91.6 Å². The van der Waals surface area contributed by atoms with Crippen molar-refractivity contribution in [1.82, 2.24) is 25.3 Å². The highest BCUT2D eigenvalue weighted by Gasteiger charge is 2.22. The van der Waals surface area contributed by atoms with Gasteiger partial charge in [0.05, 0.1) is 18.0 Å². The molecule has 0 radical (unpaired) electrons. The Labute approximate surface area is 184 Å². The van der Waals surface area contributed by atoms with E-state index in [1.807, 2.05) is 47.8 Å². The van der Waals surface area contributed by atoms with E-state index in [1.54, 1.807) is 22.3 Å². The number of nitrogens with zero attached hydrogens (tertiary/aromatic N) is 4. The molecule has 0 unspecified atom stereocenters. The Kier molecular flexibility index (Phi) is 6.85. The molecule has 0 atom stereocenters. The number of rotatable bonds is 7. The first-order valence-corrected chi connectivity index (χ1v) is 10.9. The van der Waals surface area contributed by atoms with Crippen molar-refractivity contribution in [2.75, 3.05) is 32.7 Å². The van der Waals surface area contributed by atoms with Gasteiger partial charge in [-0.15, -0.1) is 11.3 Å². The minimum absolute atomic E-state index is 0.00814. The Morgan fingerprint density at radius 2 is 1.90 bits per heavy atom. The molecule has 3 aromatic rings. The lowest BCUT2D eigenvalue weighted by atomic mass is 10.2. The number of carbonyl (C=O) groups is 2. The number of hydrogen-bond donors (Lipinski definition) is 1. The molecule has 1 aliphatic heterocycles. The number of nitrogens with one attached hydrogen (secondary N) is 1. The van der Waals surface area contributed by atoms with Gasteiger partial charge in [-0.3, -0.25) is 14.5 Å². The van der Waals surface area contributed by atoms with Crippen molar-refractivity contribution < 1.29 is 14.1 Å².